The van der Waals surface area contributed by atoms with E-state index in [1.165, 1.54) is 6.20 Å². The molecule has 0 aliphatic rings. The zero-order valence-electron chi connectivity index (χ0n) is 10.5. The Morgan fingerprint density at radius 2 is 1.72 bits per heavy atom. The third-order valence-electron chi connectivity index (χ3n) is 2.58. The van der Waals surface area contributed by atoms with Crippen LogP contribution in [0.5, 0.6) is 11.5 Å². The minimum absolute atomic E-state index is 0.111. The molecule has 1 heterocycles. The molecule has 0 saturated heterocycles. The lowest BCUT2D eigenvalue weighted by molar-refractivity contribution is 0.103. The van der Waals surface area contributed by atoms with Gasteiger partial charge in [-0.25, -0.2) is 0 Å². The first-order valence-corrected chi connectivity index (χ1v) is 5.40. The number of nitrogens with zero attached hydrogens (tertiary/aromatic N) is 2. The van der Waals surface area contributed by atoms with Crippen molar-refractivity contribution in [2.75, 3.05) is 14.2 Å². The average Bonchev–Trinajstić information content (AvgIpc) is 2.83. The minimum atomic E-state index is -0.111. The summed E-state index contributed by atoms with van der Waals surface area (Å²) in [4.78, 5) is 12.2. The van der Waals surface area contributed by atoms with E-state index in [2.05, 4.69) is 5.10 Å². The summed E-state index contributed by atoms with van der Waals surface area (Å²) in [5.74, 6) is 1.06. The smallest absolute Gasteiger partial charge is 0.196 e. The van der Waals surface area contributed by atoms with Crippen LogP contribution in [0.4, 0.5) is 0 Å². The Balaban J connectivity index is 2.40. The van der Waals surface area contributed by atoms with Gasteiger partial charge in [0.1, 0.15) is 11.5 Å². The van der Waals surface area contributed by atoms with Gasteiger partial charge in [0.15, 0.2) is 5.78 Å². The van der Waals surface area contributed by atoms with E-state index in [9.17, 15) is 4.79 Å². The van der Waals surface area contributed by atoms with Crippen LogP contribution in [0.3, 0.4) is 0 Å². The van der Waals surface area contributed by atoms with Gasteiger partial charge in [0, 0.05) is 24.9 Å². The molecule has 0 radical (unpaired) electrons. The monoisotopic (exact) mass is 246 g/mol. The minimum Gasteiger partial charge on any atom is -0.497 e. The lowest BCUT2D eigenvalue weighted by Gasteiger charge is -2.06. The largest absolute Gasteiger partial charge is 0.497 e. The number of hydrogen-bond donors (Lipinski definition) is 0. The molecule has 0 atom stereocenters. The average molecular weight is 246 g/mol. The number of ether oxygens (including phenoxy) is 2. The highest BCUT2D eigenvalue weighted by Gasteiger charge is 2.13. The van der Waals surface area contributed by atoms with E-state index in [1.807, 2.05) is 0 Å². The van der Waals surface area contributed by atoms with Gasteiger partial charge < -0.3 is 9.47 Å². The summed E-state index contributed by atoms with van der Waals surface area (Å²) in [6.07, 6.45) is 3.21. The van der Waals surface area contributed by atoms with Gasteiger partial charge >= 0.3 is 0 Å². The van der Waals surface area contributed by atoms with Gasteiger partial charge in [-0.05, 0) is 12.1 Å². The molecule has 2 aromatic rings. The Kier molecular flexibility index (Phi) is 3.32. The van der Waals surface area contributed by atoms with E-state index in [0.29, 0.717) is 22.6 Å². The number of aromatic nitrogens is 2. The Labute approximate surface area is 105 Å². The van der Waals surface area contributed by atoms with Gasteiger partial charge in [0.2, 0.25) is 0 Å². The van der Waals surface area contributed by atoms with Crippen LogP contribution >= 0.6 is 0 Å². The fourth-order valence-electron chi connectivity index (χ4n) is 1.64. The molecule has 5 heteroatoms. The zero-order valence-corrected chi connectivity index (χ0v) is 10.5. The Bertz CT molecular complexity index is 553. The van der Waals surface area contributed by atoms with E-state index >= 15 is 0 Å². The van der Waals surface area contributed by atoms with Crippen LogP contribution in [0.1, 0.15) is 15.9 Å². The summed E-state index contributed by atoms with van der Waals surface area (Å²) >= 11 is 0. The number of hydrogen-bond acceptors (Lipinski definition) is 4. The molecule has 1 aromatic carbocycles. The topological polar surface area (TPSA) is 53.4 Å². The molecule has 2 rings (SSSR count). The summed E-state index contributed by atoms with van der Waals surface area (Å²) in [7, 11) is 4.86. The van der Waals surface area contributed by atoms with Crippen molar-refractivity contribution in [1.29, 1.82) is 0 Å². The van der Waals surface area contributed by atoms with Gasteiger partial charge in [0.25, 0.3) is 0 Å². The molecule has 0 spiro atoms. The predicted molar refractivity (Wildman–Crippen MR) is 66.2 cm³/mol. The number of aryl methyl sites for hydroxylation is 1. The number of carbonyl (C=O) groups is 1. The van der Waals surface area contributed by atoms with Gasteiger partial charge in [-0.2, -0.15) is 5.10 Å². The Hall–Kier alpha value is -2.30. The molecular formula is C13H14N2O3. The lowest BCUT2D eigenvalue weighted by Crippen LogP contribution is -2.01. The van der Waals surface area contributed by atoms with Crippen LogP contribution in [-0.4, -0.2) is 29.8 Å². The molecule has 0 aliphatic heterocycles. The quantitative estimate of drug-likeness (QED) is 0.770. The van der Waals surface area contributed by atoms with E-state index in [1.54, 1.807) is 50.3 Å². The van der Waals surface area contributed by atoms with Crippen LogP contribution in [0, 0.1) is 0 Å². The third kappa shape index (κ3) is 2.34. The van der Waals surface area contributed by atoms with E-state index in [-0.39, 0.29) is 5.78 Å². The van der Waals surface area contributed by atoms with Gasteiger partial charge in [-0.3, -0.25) is 9.48 Å². The van der Waals surface area contributed by atoms with Crippen molar-refractivity contribution in [3.05, 3.63) is 41.7 Å². The normalized spacial score (nSPS) is 10.2. The lowest BCUT2D eigenvalue weighted by atomic mass is 10.1. The molecule has 94 valence electrons. The molecule has 0 aliphatic carbocycles. The van der Waals surface area contributed by atoms with Crippen LogP contribution < -0.4 is 9.47 Å². The van der Waals surface area contributed by atoms with Crippen LogP contribution in [0.2, 0.25) is 0 Å². The molecule has 0 N–H and O–H groups in total. The van der Waals surface area contributed by atoms with E-state index in [4.69, 9.17) is 9.47 Å². The molecule has 18 heavy (non-hydrogen) atoms. The second kappa shape index (κ2) is 4.91. The molecular weight excluding hydrogens is 232 g/mol. The maximum absolute atomic E-state index is 12.2. The summed E-state index contributed by atoms with van der Waals surface area (Å²) in [5, 5.41) is 3.98. The zero-order chi connectivity index (χ0) is 13.1. The fourth-order valence-corrected chi connectivity index (χ4v) is 1.64. The molecule has 0 unspecified atom stereocenters. The highest BCUT2D eigenvalue weighted by Crippen LogP contribution is 2.24. The van der Waals surface area contributed by atoms with Crippen LogP contribution in [-0.2, 0) is 7.05 Å². The summed E-state index contributed by atoms with van der Waals surface area (Å²) in [6.45, 7) is 0. The first kappa shape index (κ1) is 12.2. The fraction of sp³-hybridized carbons (Fsp3) is 0.231. The molecule has 1 aromatic heterocycles. The molecule has 0 bridgehead atoms. The van der Waals surface area contributed by atoms with Gasteiger partial charge in [-0.15, -0.1) is 0 Å². The summed E-state index contributed by atoms with van der Waals surface area (Å²) in [5.41, 5.74) is 1.05. The van der Waals surface area contributed by atoms with Crippen molar-refractivity contribution in [3.63, 3.8) is 0 Å². The van der Waals surface area contributed by atoms with Crippen LogP contribution in [0.25, 0.3) is 0 Å². The second-order valence-electron chi connectivity index (χ2n) is 3.83. The highest BCUT2D eigenvalue weighted by molar-refractivity contribution is 6.09. The van der Waals surface area contributed by atoms with Gasteiger partial charge in [-0.1, -0.05) is 0 Å². The van der Waals surface area contributed by atoms with Crippen molar-refractivity contribution in [1.82, 2.24) is 9.78 Å². The maximum Gasteiger partial charge on any atom is 0.196 e. The first-order valence-electron chi connectivity index (χ1n) is 5.40. The van der Waals surface area contributed by atoms with Crippen molar-refractivity contribution in [2.45, 2.75) is 0 Å². The molecule has 0 saturated carbocycles. The summed E-state index contributed by atoms with van der Waals surface area (Å²) < 4.78 is 11.9. The van der Waals surface area contributed by atoms with Crippen LogP contribution in [0.15, 0.2) is 30.6 Å². The van der Waals surface area contributed by atoms with E-state index in [0.717, 1.165) is 0 Å². The Morgan fingerprint density at radius 1 is 1.11 bits per heavy atom. The van der Waals surface area contributed by atoms with Crippen molar-refractivity contribution in [2.24, 2.45) is 7.05 Å². The third-order valence-corrected chi connectivity index (χ3v) is 2.58. The number of ketones is 1. The van der Waals surface area contributed by atoms with Crippen molar-refractivity contribution >= 4 is 5.78 Å². The predicted octanol–water partition coefficient (Wildman–Crippen LogP) is 1.67. The standard InChI is InChI=1S/C13H14N2O3/c1-15-8-10(7-14-15)13(16)9-4-11(17-2)6-12(5-9)18-3/h4-8H,1-3H3. The number of rotatable bonds is 4. The summed E-state index contributed by atoms with van der Waals surface area (Å²) in [6, 6.07) is 5.08. The number of benzene rings is 1. The first-order chi connectivity index (χ1) is 8.63. The Morgan fingerprint density at radius 3 is 2.17 bits per heavy atom. The van der Waals surface area contributed by atoms with Gasteiger partial charge in [0.05, 0.1) is 26.0 Å². The number of carbonyl (C=O) groups excluding carboxylic acids is 1. The molecule has 0 fully saturated rings. The second-order valence-corrected chi connectivity index (χ2v) is 3.83. The van der Waals surface area contributed by atoms with Crippen molar-refractivity contribution in [3.8, 4) is 11.5 Å². The highest BCUT2D eigenvalue weighted by atomic mass is 16.5. The number of methoxy groups -OCH3 is 2. The molecule has 5 nitrogen and oxygen atoms in total. The molecule has 0 amide bonds. The SMILES string of the molecule is COc1cc(OC)cc(C(=O)c2cnn(C)c2)c1. The maximum atomic E-state index is 12.2. The van der Waals surface area contributed by atoms with Crippen molar-refractivity contribution < 1.29 is 14.3 Å². The van der Waals surface area contributed by atoms with E-state index < -0.39 is 0 Å².